The van der Waals surface area contributed by atoms with Crippen LogP contribution in [0.3, 0.4) is 0 Å². The van der Waals surface area contributed by atoms with Crippen LogP contribution in [0.15, 0.2) is 24.7 Å². The third kappa shape index (κ3) is 4.00. The lowest BCUT2D eigenvalue weighted by Gasteiger charge is -2.39. The van der Waals surface area contributed by atoms with E-state index in [9.17, 15) is 10.1 Å². The molecule has 5 rings (SSSR count). The van der Waals surface area contributed by atoms with Crippen LogP contribution in [0.2, 0.25) is 0 Å². The molecule has 170 valence electrons. The number of nitriles is 1. The second-order valence-corrected chi connectivity index (χ2v) is 9.92. The van der Waals surface area contributed by atoms with Gasteiger partial charge < -0.3 is 14.7 Å². The van der Waals surface area contributed by atoms with Gasteiger partial charge in [0.15, 0.2) is 0 Å². The van der Waals surface area contributed by atoms with Crippen LogP contribution in [0.4, 0.5) is 11.6 Å². The van der Waals surface area contributed by atoms with Crippen LogP contribution in [-0.4, -0.2) is 65.0 Å². The topological polar surface area (TPSA) is 89.2 Å². The van der Waals surface area contributed by atoms with Crippen LogP contribution < -0.4 is 9.80 Å². The number of pyridine rings is 1. The highest BCUT2D eigenvalue weighted by atomic mass is 32.1. The van der Waals surface area contributed by atoms with E-state index in [-0.39, 0.29) is 11.8 Å². The average molecular weight is 462 g/mol. The molecule has 2 saturated heterocycles. The predicted molar refractivity (Wildman–Crippen MR) is 130 cm³/mol. The maximum Gasteiger partial charge on any atom is 0.225 e. The van der Waals surface area contributed by atoms with E-state index in [0.29, 0.717) is 31.7 Å². The number of aromatic nitrogens is 3. The Morgan fingerprint density at radius 1 is 1.03 bits per heavy atom. The Balaban J connectivity index is 1.20. The number of amides is 1. The molecule has 5 heterocycles. The van der Waals surface area contributed by atoms with Gasteiger partial charge in [-0.2, -0.15) is 5.26 Å². The molecule has 8 nitrogen and oxygen atoms in total. The summed E-state index contributed by atoms with van der Waals surface area (Å²) in [5, 5.41) is 10.5. The Morgan fingerprint density at radius 3 is 2.48 bits per heavy atom. The highest BCUT2D eigenvalue weighted by Crippen LogP contribution is 2.35. The largest absolute Gasteiger partial charge is 0.356 e. The number of rotatable bonds is 3. The van der Waals surface area contributed by atoms with Gasteiger partial charge in [0.1, 0.15) is 28.9 Å². The molecule has 33 heavy (non-hydrogen) atoms. The Labute approximate surface area is 197 Å². The summed E-state index contributed by atoms with van der Waals surface area (Å²) in [6.07, 6.45) is 5.05. The van der Waals surface area contributed by atoms with Gasteiger partial charge in [0.05, 0.1) is 10.9 Å². The van der Waals surface area contributed by atoms with E-state index in [2.05, 4.69) is 44.7 Å². The number of anilines is 2. The van der Waals surface area contributed by atoms with Gasteiger partial charge in [-0.1, -0.05) is 0 Å². The van der Waals surface area contributed by atoms with E-state index in [1.54, 1.807) is 36.0 Å². The number of fused-ring (bicyclic) bond motifs is 1. The molecule has 9 heteroatoms. The number of nitrogens with zero attached hydrogens (tertiary/aromatic N) is 7. The fourth-order valence-electron chi connectivity index (χ4n) is 4.87. The standard InChI is InChI=1S/C24H27N7OS/c1-16-17(2)33-23-20(16)22(27-15-28-23)29-8-5-18(6-9-29)24(32)31-12-10-30(11-13-31)21-19(14-25)4-3-7-26-21/h3-4,7,15,18H,5-6,8-13H2,1-2H3. The second-order valence-electron chi connectivity index (χ2n) is 8.72. The van der Waals surface area contributed by atoms with Crippen LogP contribution in [0, 0.1) is 31.1 Å². The van der Waals surface area contributed by atoms with Crippen LogP contribution in [0.5, 0.6) is 0 Å². The van der Waals surface area contributed by atoms with Gasteiger partial charge in [-0.05, 0) is 44.4 Å². The van der Waals surface area contributed by atoms with Crippen LogP contribution in [0.25, 0.3) is 10.2 Å². The van der Waals surface area contributed by atoms with Crippen molar-refractivity contribution in [3.05, 3.63) is 40.7 Å². The molecule has 2 aliphatic rings. The minimum absolute atomic E-state index is 0.0555. The maximum atomic E-state index is 13.2. The van der Waals surface area contributed by atoms with Crippen molar-refractivity contribution < 1.29 is 4.79 Å². The van der Waals surface area contributed by atoms with Crippen molar-refractivity contribution in [1.82, 2.24) is 19.9 Å². The maximum absolute atomic E-state index is 13.2. The quantitative estimate of drug-likeness (QED) is 0.592. The van der Waals surface area contributed by atoms with Gasteiger partial charge in [0.25, 0.3) is 0 Å². The minimum Gasteiger partial charge on any atom is -0.356 e. The smallest absolute Gasteiger partial charge is 0.225 e. The SMILES string of the molecule is Cc1sc2ncnc(N3CCC(C(=O)N4CCN(c5ncccc5C#N)CC4)CC3)c2c1C. The number of hydrogen-bond acceptors (Lipinski definition) is 8. The molecule has 0 bridgehead atoms. The monoisotopic (exact) mass is 461 g/mol. The fraction of sp³-hybridized carbons (Fsp3) is 0.458. The van der Waals surface area contributed by atoms with Gasteiger partial charge in [0.2, 0.25) is 5.91 Å². The molecule has 0 saturated carbocycles. The first-order chi connectivity index (χ1) is 16.1. The highest BCUT2D eigenvalue weighted by Gasteiger charge is 2.32. The van der Waals surface area contributed by atoms with E-state index in [0.717, 1.165) is 47.8 Å². The van der Waals surface area contributed by atoms with Gasteiger partial charge in [-0.15, -0.1) is 11.3 Å². The third-order valence-electron chi connectivity index (χ3n) is 6.89. The minimum atomic E-state index is 0.0555. The molecular weight excluding hydrogens is 434 g/mol. The fourth-order valence-corrected chi connectivity index (χ4v) is 5.87. The van der Waals surface area contributed by atoms with Gasteiger partial charge >= 0.3 is 0 Å². The molecule has 0 aliphatic carbocycles. The van der Waals surface area contributed by atoms with Crippen molar-refractivity contribution >= 4 is 39.1 Å². The number of carbonyl (C=O) groups is 1. The number of piperazine rings is 1. The second kappa shape index (κ2) is 8.94. The molecule has 2 fully saturated rings. The Kier molecular flexibility index (Phi) is 5.85. The van der Waals surface area contributed by atoms with E-state index in [4.69, 9.17) is 0 Å². The molecule has 3 aromatic heterocycles. The summed E-state index contributed by atoms with van der Waals surface area (Å²) in [7, 11) is 0. The lowest BCUT2D eigenvalue weighted by atomic mass is 9.94. The van der Waals surface area contributed by atoms with E-state index < -0.39 is 0 Å². The zero-order valence-corrected chi connectivity index (χ0v) is 19.8. The Morgan fingerprint density at radius 2 is 1.76 bits per heavy atom. The van der Waals surface area contributed by atoms with Crippen molar-refractivity contribution in [2.24, 2.45) is 5.92 Å². The molecule has 0 aromatic carbocycles. The average Bonchev–Trinajstić information content (AvgIpc) is 3.17. The summed E-state index contributed by atoms with van der Waals surface area (Å²) < 4.78 is 0. The zero-order valence-electron chi connectivity index (χ0n) is 19.0. The molecule has 0 radical (unpaired) electrons. The van der Waals surface area contributed by atoms with Crippen LogP contribution >= 0.6 is 11.3 Å². The lowest BCUT2D eigenvalue weighted by molar-refractivity contribution is -0.136. The number of hydrogen-bond donors (Lipinski definition) is 0. The summed E-state index contributed by atoms with van der Waals surface area (Å²) in [5.74, 6) is 2.03. The van der Waals surface area contributed by atoms with Gasteiger partial charge in [-0.25, -0.2) is 15.0 Å². The van der Waals surface area contributed by atoms with Crippen molar-refractivity contribution in [3.8, 4) is 6.07 Å². The molecule has 0 spiro atoms. The molecule has 0 unspecified atom stereocenters. The summed E-state index contributed by atoms with van der Waals surface area (Å²) in [6, 6.07) is 5.78. The number of carbonyl (C=O) groups excluding carboxylic acids is 1. The molecule has 1 amide bonds. The third-order valence-corrected chi connectivity index (χ3v) is 8.00. The van der Waals surface area contributed by atoms with E-state index >= 15 is 0 Å². The van der Waals surface area contributed by atoms with Crippen molar-refractivity contribution in [3.63, 3.8) is 0 Å². The van der Waals surface area contributed by atoms with Crippen LogP contribution in [0.1, 0.15) is 28.8 Å². The van der Waals surface area contributed by atoms with Crippen LogP contribution in [-0.2, 0) is 4.79 Å². The first-order valence-electron chi connectivity index (χ1n) is 11.4. The summed E-state index contributed by atoms with van der Waals surface area (Å²) in [5.41, 5.74) is 1.84. The van der Waals surface area contributed by atoms with Gasteiger partial charge in [0, 0.05) is 56.3 Å². The van der Waals surface area contributed by atoms with Crippen molar-refractivity contribution in [2.75, 3.05) is 49.1 Å². The van der Waals surface area contributed by atoms with Gasteiger partial charge in [-0.3, -0.25) is 4.79 Å². The van der Waals surface area contributed by atoms with Crippen molar-refractivity contribution in [2.45, 2.75) is 26.7 Å². The summed E-state index contributed by atoms with van der Waals surface area (Å²) >= 11 is 1.72. The predicted octanol–water partition coefficient (Wildman–Crippen LogP) is 3.14. The van der Waals surface area contributed by atoms with Crippen molar-refractivity contribution in [1.29, 1.82) is 5.26 Å². The molecule has 0 atom stereocenters. The number of thiophene rings is 1. The summed E-state index contributed by atoms with van der Waals surface area (Å²) in [4.78, 5) is 35.4. The zero-order chi connectivity index (χ0) is 22.9. The molecule has 2 aliphatic heterocycles. The normalized spacial score (nSPS) is 17.4. The molecular formula is C24H27N7OS. The highest BCUT2D eigenvalue weighted by molar-refractivity contribution is 7.18. The Hall–Kier alpha value is -3.25. The number of piperidine rings is 1. The summed E-state index contributed by atoms with van der Waals surface area (Å²) in [6.45, 7) is 8.66. The number of aryl methyl sites for hydroxylation is 2. The lowest BCUT2D eigenvalue weighted by Crippen LogP contribution is -2.52. The first kappa shape index (κ1) is 21.6. The van der Waals surface area contributed by atoms with E-state index in [1.807, 2.05) is 4.90 Å². The molecule has 0 N–H and O–H groups in total. The first-order valence-corrected chi connectivity index (χ1v) is 12.2. The van der Waals surface area contributed by atoms with E-state index in [1.165, 1.54) is 10.4 Å². The Bertz CT molecular complexity index is 1220. The molecule has 3 aromatic rings.